The van der Waals surface area contributed by atoms with Crippen LogP contribution in [0.25, 0.3) is 31.6 Å². The zero-order valence-electron chi connectivity index (χ0n) is 12.8. The topological polar surface area (TPSA) is 25.8 Å². The standard InChI is InChI=1S/C19H16N2S/c1-11-7-12(2)9-14(8-11)16-19-17(21-10-20-16)15-6-4-5-13(3)18(15)22-19/h4-10H,1-3H3. The molecule has 108 valence electrons. The molecule has 0 aliphatic rings. The fraction of sp³-hybridized carbons (Fsp3) is 0.158. The van der Waals surface area contributed by atoms with Gasteiger partial charge in [0.2, 0.25) is 0 Å². The summed E-state index contributed by atoms with van der Waals surface area (Å²) in [5.41, 5.74) is 7.10. The molecule has 0 fully saturated rings. The van der Waals surface area contributed by atoms with E-state index in [-0.39, 0.29) is 0 Å². The van der Waals surface area contributed by atoms with Gasteiger partial charge in [-0.05, 0) is 38.5 Å². The van der Waals surface area contributed by atoms with E-state index in [2.05, 4.69) is 67.1 Å². The van der Waals surface area contributed by atoms with Crippen LogP contribution in [0.3, 0.4) is 0 Å². The summed E-state index contributed by atoms with van der Waals surface area (Å²) in [5.74, 6) is 0. The Bertz CT molecular complexity index is 994. The van der Waals surface area contributed by atoms with E-state index in [0.717, 1.165) is 11.2 Å². The lowest BCUT2D eigenvalue weighted by atomic mass is 10.0. The molecule has 0 radical (unpaired) electrons. The molecule has 0 aliphatic carbocycles. The number of nitrogens with zero attached hydrogens (tertiary/aromatic N) is 2. The maximum atomic E-state index is 4.58. The van der Waals surface area contributed by atoms with Gasteiger partial charge >= 0.3 is 0 Å². The lowest BCUT2D eigenvalue weighted by molar-refractivity contribution is 1.23. The molecule has 2 aromatic carbocycles. The van der Waals surface area contributed by atoms with Crippen LogP contribution >= 0.6 is 11.3 Å². The van der Waals surface area contributed by atoms with Gasteiger partial charge in [0, 0.05) is 15.6 Å². The lowest BCUT2D eigenvalue weighted by Gasteiger charge is -2.05. The van der Waals surface area contributed by atoms with E-state index in [4.69, 9.17) is 0 Å². The number of hydrogen-bond acceptors (Lipinski definition) is 3. The molecule has 0 aliphatic heterocycles. The van der Waals surface area contributed by atoms with E-state index in [1.54, 1.807) is 17.7 Å². The second kappa shape index (κ2) is 4.89. The smallest absolute Gasteiger partial charge is 0.116 e. The minimum atomic E-state index is 1.04. The highest BCUT2D eigenvalue weighted by atomic mass is 32.1. The first-order valence-electron chi connectivity index (χ1n) is 7.35. The predicted molar refractivity (Wildman–Crippen MR) is 94.6 cm³/mol. The molecule has 0 saturated carbocycles. The maximum absolute atomic E-state index is 4.58. The second-order valence-electron chi connectivity index (χ2n) is 5.83. The van der Waals surface area contributed by atoms with Gasteiger partial charge in [0.25, 0.3) is 0 Å². The number of aryl methyl sites for hydroxylation is 3. The molecule has 2 heterocycles. The van der Waals surface area contributed by atoms with Crippen molar-refractivity contribution in [1.82, 2.24) is 9.97 Å². The van der Waals surface area contributed by atoms with Gasteiger partial charge in [-0.1, -0.05) is 35.4 Å². The molecule has 0 amide bonds. The summed E-state index contributed by atoms with van der Waals surface area (Å²) in [5, 5.41) is 1.23. The van der Waals surface area contributed by atoms with Crippen LogP contribution in [0.15, 0.2) is 42.7 Å². The van der Waals surface area contributed by atoms with E-state index < -0.39 is 0 Å². The number of fused-ring (bicyclic) bond motifs is 3. The quantitative estimate of drug-likeness (QED) is 0.468. The van der Waals surface area contributed by atoms with Crippen molar-refractivity contribution in [3.05, 3.63) is 59.4 Å². The fourth-order valence-corrected chi connectivity index (χ4v) is 4.29. The highest BCUT2D eigenvalue weighted by Gasteiger charge is 2.14. The van der Waals surface area contributed by atoms with Gasteiger partial charge in [-0.3, -0.25) is 0 Å². The Labute approximate surface area is 133 Å². The van der Waals surface area contributed by atoms with Gasteiger partial charge < -0.3 is 0 Å². The minimum absolute atomic E-state index is 1.04. The third kappa shape index (κ3) is 2.01. The van der Waals surface area contributed by atoms with Crippen LogP contribution < -0.4 is 0 Å². The average molecular weight is 304 g/mol. The molecular formula is C19H16N2S. The monoisotopic (exact) mass is 304 g/mol. The van der Waals surface area contributed by atoms with Gasteiger partial charge in [0.1, 0.15) is 6.33 Å². The highest BCUT2D eigenvalue weighted by Crippen LogP contribution is 2.39. The van der Waals surface area contributed by atoms with Crippen LogP contribution in [0.1, 0.15) is 16.7 Å². The molecule has 4 aromatic rings. The van der Waals surface area contributed by atoms with Crippen molar-refractivity contribution < 1.29 is 0 Å². The molecule has 0 atom stereocenters. The van der Waals surface area contributed by atoms with Crippen LogP contribution in [-0.4, -0.2) is 9.97 Å². The Balaban J connectivity index is 2.10. The summed E-state index contributed by atoms with van der Waals surface area (Å²) in [6, 6.07) is 13.0. The third-order valence-corrected chi connectivity index (χ3v) is 5.31. The molecule has 2 nitrogen and oxygen atoms in total. The molecule has 0 bridgehead atoms. The van der Waals surface area contributed by atoms with Crippen molar-refractivity contribution in [3.8, 4) is 11.3 Å². The SMILES string of the molecule is Cc1cc(C)cc(-c2ncnc3c2sc2c(C)cccc23)c1. The van der Waals surface area contributed by atoms with Crippen molar-refractivity contribution in [2.24, 2.45) is 0 Å². The number of thiophene rings is 1. The first-order valence-corrected chi connectivity index (χ1v) is 8.16. The number of aromatic nitrogens is 2. The molecular weight excluding hydrogens is 288 g/mol. The Morgan fingerprint density at radius 3 is 2.41 bits per heavy atom. The van der Waals surface area contributed by atoms with Crippen LogP contribution in [-0.2, 0) is 0 Å². The summed E-state index contributed by atoms with van der Waals surface area (Å²) in [7, 11) is 0. The van der Waals surface area contributed by atoms with Gasteiger partial charge in [0.15, 0.2) is 0 Å². The molecule has 0 saturated heterocycles. The molecule has 0 spiro atoms. The van der Waals surface area contributed by atoms with Crippen LogP contribution in [0.5, 0.6) is 0 Å². The summed E-state index contributed by atoms with van der Waals surface area (Å²) in [6.45, 7) is 6.41. The summed E-state index contributed by atoms with van der Waals surface area (Å²) < 4.78 is 2.49. The summed E-state index contributed by atoms with van der Waals surface area (Å²) in [6.07, 6.45) is 1.68. The summed E-state index contributed by atoms with van der Waals surface area (Å²) >= 11 is 1.80. The maximum Gasteiger partial charge on any atom is 0.116 e. The normalized spacial score (nSPS) is 11.4. The average Bonchev–Trinajstić information content (AvgIpc) is 2.86. The van der Waals surface area contributed by atoms with E-state index in [9.17, 15) is 0 Å². The number of rotatable bonds is 1. The van der Waals surface area contributed by atoms with Crippen molar-refractivity contribution >= 4 is 31.6 Å². The Morgan fingerprint density at radius 1 is 0.864 bits per heavy atom. The first kappa shape index (κ1) is 13.4. The minimum Gasteiger partial charge on any atom is -0.235 e. The van der Waals surface area contributed by atoms with Gasteiger partial charge in [-0.2, -0.15) is 0 Å². The fourth-order valence-electron chi connectivity index (χ4n) is 3.06. The molecule has 0 N–H and O–H groups in total. The van der Waals surface area contributed by atoms with Crippen molar-refractivity contribution in [1.29, 1.82) is 0 Å². The molecule has 0 unspecified atom stereocenters. The Hall–Kier alpha value is -2.26. The number of hydrogen-bond donors (Lipinski definition) is 0. The highest BCUT2D eigenvalue weighted by molar-refractivity contribution is 7.26. The Morgan fingerprint density at radius 2 is 1.64 bits per heavy atom. The lowest BCUT2D eigenvalue weighted by Crippen LogP contribution is -1.88. The zero-order chi connectivity index (χ0) is 15.3. The zero-order valence-corrected chi connectivity index (χ0v) is 13.7. The third-order valence-electron chi connectivity index (χ3n) is 3.97. The molecule has 4 rings (SSSR count). The largest absolute Gasteiger partial charge is 0.235 e. The summed E-state index contributed by atoms with van der Waals surface area (Å²) in [4.78, 5) is 9.12. The van der Waals surface area contributed by atoms with Crippen LogP contribution in [0.4, 0.5) is 0 Å². The van der Waals surface area contributed by atoms with E-state index in [0.29, 0.717) is 0 Å². The van der Waals surface area contributed by atoms with Gasteiger partial charge in [-0.25, -0.2) is 9.97 Å². The molecule has 3 heteroatoms. The van der Waals surface area contributed by atoms with Crippen LogP contribution in [0.2, 0.25) is 0 Å². The van der Waals surface area contributed by atoms with E-state index in [1.807, 2.05) is 0 Å². The first-order chi connectivity index (χ1) is 10.6. The van der Waals surface area contributed by atoms with Crippen molar-refractivity contribution in [3.63, 3.8) is 0 Å². The van der Waals surface area contributed by atoms with Crippen molar-refractivity contribution in [2.75, 3.05) is 0 Å². The van der Waals surface area contributed by atoms with E-state index >= 15 is 0 Å². The van der Waals surface area contributed by atoms with Crippen LogP contribution in [0, 0.1) is 20.8 Å². The predicted octanol–water partition coefficient (Wildman–Crippen LogP) is 5.44. The van der Waals surface area contributed by atoms with Gasteiger partial charge in [-0.15, -0.1) is 11.3 Å². The Kier molecular flexibility index (Phi) is 2.98. The van der Waals surface area contributed by atoms with E-state index in [1.165, 1.54) is 37.0 Å². The number of benzene rings is 2. The second-order valence-corrected chi connectivity index (χ2v) is 6.85. The van der Waals surface area contributed by atoms with Gasteiger partial charge in [0.05, 0.1) is 15.9 Å². The molecule has 22 heavy (non-hydrogen) atoms. The molecule has 2 aromatic heterocycles. The van der Waals surface area contributed by atoms with Crippen molar-refractivity contribution in [2.45, 2.75) is 20.8 Å².